The van der Waals surface area contributed by atoms with Gasteiger partial charge in [-0.15, -0.1) is 0 Å². The van der Waals surface area contributed by atoms with E-state index in [1.54, 1.807) is 37.6 Å². The molecule has 3 rings (SSSR count). The summed E-state index contributed by atoms with van der Waals surface area (Å²) in [6, 6.07) is 15.6. The standard InChI is InChI=1S/C20H18N4O2/c1-24-12-11-22-19(24)18(16-5-3-4-6-17(16)26-2)23-20(25)15-9-7-14(13-21)8-10-15/h3-12,18H,1-2H3,(H,23,25). The van der Waals surface area contributed by atoms with Crippen LogP contribution in [0.15, 0.2) is 60.9 Å². The Morgan fingerprint density at radius 1 is 1.23 bits per heavy atom. The van der Waals surface area contributed by atoms with Crippen LogP contribution < -0.4 is 10.1 Å². The largest absolute Gasteiger partial charge is 0.496 e. The lowest BCUT2D eigenvalue weighted by atomic mass is 10.0. The van der Waals surface area contributed by atoms with Gasteiger partial charge in [0.05, 0.1) is 18.7 Å². The highest BCUT2D eigenvalue weighted by atomic mass is 16.5. The molecule has 1 amide bonds. The summed E-state index contributed by atoms with van der Waals surface area (Å²) in [6.07, 6.45) is 3.51. The van der Waals surface area contributed by atoms with Crippen molar-refractivity contribution in [2.45, 2.75) is 6.04 Å². The fourth-order valence-corrected chi connectivity index (χ4v) is 2.75. The molecular formula is C20H18N4O2. The quantitative estimate of drug-likeness (QED) is 0.770. The van der Waals surface area contributed by atoms with Gasteiger partial charge in [0.2, 0.25) is 0 Å². The van der Waals surface area contributed by atoms with Crippen molar-refractivity contribution in [2.75, 3.05) is 7.11 Å². The molecule has 0 aliphatic heterocycles. The Morgan fingerprint density at radius 3 is 2.58 bits per heavy atom. The first kappa shape index (κ1) is 17.2. The molecule has 130 valence electrons. The summed E-state index contributed by atoms with van der Waals surface area (Å²) in [5.41, 5.74) is 1.79. The summed E-state index contributed by atoms with van der Waals surface area (Å²) in [5.74, 6) is 1.10. The van der Waals surface area contributed by atoms with Gasteiger partial charge in [0, 0.05) is 30.6 Å². The molecule has 0 saturated heterocycles. The summed E-state index contributed by atoms with van der Waals surface area (Å²) >= 11 is 0. The number of hydrogen-bond donors (Lipinski definition) is 1. The summed E-state index contributed by atoms with van der Waals surface area (Å²) < 4.78 is 7.31. The number of aryl methyl sites for hydroxylation is 1. The second-order valence-corrected chi connectivity index (χ2v) is 5.73. The van der Waals surface area contributed by atoms with E-state index in [0.29, 0.717) is 22.7 Å². The average molecular weight is 346 g/mol. The summed E-state index contributed by atoms with van der Waals surface area (Å²) in [6.45, 7) is 0. The molecule has 2 aromatic carbocycles. The fraction of sp³-hybridized carbons (Fsp3) is 0.150. The molecule has 1 N–H and O–H groups in total. The first-order chi connectivity index (χ1) is 12.6. The van der Waals surface area contributed by atoms with Gasteiger partial charge in [-0.25, -0.2) is 4.98 Å². The lowest BCUT2D eigenvalue weighted by molar-refractivity contribution is 0.0941. The zero-order valence-electron chi connectivity index (χ0n) is 14.5. The third-order valence-electron chi connectivity index (χ3n) is 4.12. The Morgan fingerprint density at radius 2 is 1.96 bits per heavy atom. The summed E-state index contributed by atoms with van der Waals surface area (Å²) in [4.78, 5) is 17.2. The van der Waals surface area contributed by atoms with E-state index in [-0.39, 0.29) is 5.91 Å². The molecule has 0 fully saturated rings. The monoisotopic (exact) mass is 346 g/mol. The lowest BCUT2D eigenvalue weighted by Gasteiger charge is -2.21. The number of benzene rings is 2. The molecule has 6 heteroatoms. The summed E-state index contributed by atoms with van der Waals surface area (Å²) in [7, 11) is 3.47. The molecule has 0 radical (unpaired) electrons. The van der Waals surface area contributed by atoms with Crippen molar-refractivity contribution >= 4 is 5.91 Å². The lowest BCUT2D eigenvalue weighted by Crippen LogP contribution is -2.31. The first-order valence-corrected chi connectivity index (χ1v) is 8.05. The molecule has 1 unspecified atom stereocenters. The Kier molecular flexibility index (Phi) is 4.99. The van der Waals surface area contributed by atoms with E-state index in [2.05, 4.69) is 10.3 Å². The van der Waals surface area contributed by atoms with Crippen molar-refractivity contribution in [3.05, 3.63) is 83.4 Å². The minimum absolute atomic E-state index is 0.256. The normalized spacial score (nSPS) is 11.4. The number of methoxy groups -OCH3 is 1. The van der Waals surface area contributed by atoms with Crippen LogP contribution in [0.5, 0.6) is 5.75 Å². The second-order valence-electron chi connectivity index (χ2n) is 5.73. The van der Waals surface area contributed by atoms with Crippen molar-refractivity contribution in [1.82, 2.24) is 14.9 Å². The molecule has 6 nitrogen and oxygen atoms in total. The van der Waals surface area contributed by atoms with Gasteiger partial charge in [-0.2, -0.15) is 5.26 Å². The topological polar surface area (TPSA) is 79.9 Å². The molecule has 1 aromatic heterocycles. The van der Waals surface area contributed by atoms with E-state index in [4.69, 9.17) is 10.00 Å². The molecule has 0 aliphatic carbocycles. The van der Waals surface area contributed by atoms with E-state index >= 15 is 0 Å². The number of rotatable bonds is 5. The maximum atomic E-state index is 12.8. The molecule has 26 heavy (non-hydrogen) atoms. The maximum Gasteiger partial charge on any atom is 0.252 e. The van der Waals surface area contributed by atoms with Gasteiger partial charge in [-0.1, -0.05) is 18.2 Å². The van der Waals surface area contributed by atoms with Crippen LogP contribution in [0.2, 0.25) is 0 Å². The molecule has 0 bridgehead atoms. The molecular weight excluding hydrogens is 328 g/mol. The number of imidazole rings is 1. The Labute approximate surface area is 151 Å². The highest BCUT2D eigenvalue weighted by Gasteiger charge is 2.24. The molecule has 1 heterocycles. The van der Waals surface area contributed by atoms with Crippen LogP contribution in [0.4, 0.5) is 0 Å². The van der Waals surface area contributed by atoms with Crippen LogP contribution in [0.3, 0.4) is 0 Å². The molecule has 3 aromatic rings. The Hall–Kier alpha value is -3.59. The van der Waals surface area contributed by atoms with E-state index in [0.717, 1.165) is 5.56 Å². The predicted molar refractivity (Wildman–Crippen MR) is 96.7 cm³/mol. The van der Waals surface area contributed by atoms with E-state index < -0.39 is 6.04 Å². The van der Waals surface area contributed by atoms with Crippen molar-refractivity contribution in [3.8, 4) is 11.8 Å². The van der Waals surface area contributed by atoms with Crippen molar-refractivity contribution in [2.24, 2.45) is 7.05 Å². The number of hydrogen-bond acceptors (Lipinski definition) is 4. The Balaban J connectivity index is 1.97. The van der Waals surface area contributed by atoms with Crippen molar-refractivity contribution < 1.29 is 9.53 Å². The van der Waals surface area contributed by atoms with Crippen LogP contribution >= 0.6 is 0 Å². The average Bonchev–Trinajstić information content (AvgIpc) is 3.11. The van der Waals surface area contributed by atoms with Crippen LogP contribution in [0.1, 0.15) is 33.4 Å². The number of para-hydroxylation sites is 1. The third-order valence-corrected chi connectivity index (χ3v) is 4.12. The van der Waals surface area contributed by atoms with E-state index in [1.807, 2.05) is 48.1 Å². The first-order valence-electron chi connectivity index (χ1n) is 8.05. The number of ether oxygens (including phenoxy) is 1. The van der Waals surface area contributed by atoms with Gasteiger partial charge < -0.3 is 14.6 Å². The molecule has 1 atom stereocenters. The number of carbonyl (C=O) groups excluding carboxylic acids is 1. The van der Waals surface area contributed by atoms with E-state index in [1.165, 1.54) is 0 Å². The number of carbonyl (C=O) groups is 1. The van der Waals surface area contributed by atoms with Crippen LogP contribution in [-0.2, 0) is 7.05 Å². The third kappa shape index (κ3) is 3.42. The highest BCUT2D eigenvalue weighted by Crippen LogP contribution is 2.29. The number of nitrogens with one attached hydrogen (secondary N) is 1. The Bertz CT molecular complexity index is 954. The maximum absolute atomic E-state index is 12.8. The minimum atomic E-state index is -0.478. The van der Waals surface area contributed by atoms with Crippen molar-refractivity contribution in [1.29, 1.82) is 5.26 Å². The number of amides is 1. The molecule has 0 spiro atoms. The van der Waals surface area contributed by atoms with Crippen LogP contribution in [0, 0.1) is 11.3 Å². The number of aromatic nitrogens is 2. The minimum Gasteiger partial charge on any atom is -0.496 e. The predicted octanol–water partition coefficient (Wildman–Crippen LogP) is 2.82. The van der Waals surface area contributed by atoms with Gasteiger partial charge in [0.15, 0.2) is 0 Å². The smallest absolute Gasteiger partial charge is 0.252 e. The van der Waals surface area contributed by atoms with Gasteiger partial charge in [-0.3, -0.25) is 4.79 Å². The zero-order chi connectivity index (χ0) is 18.5. The van der Waals surface area contributed by atoms with E-state index in [9.17, 15) is 4.79 Å². The van der Waals surface area contributed by atoms with Gasteiger partial charge >= 0.3 is 0 Å². The summed E-state index contributed by atoms with van der Waals surface area (Å²) in [5, 5.41) is 11.9. The zero-order valence-corrected chi connectivity index (χ0v) is 14.5. The van der Waals surface area contributed by atoms with Crippen LogP contribution in [0.25, 0.3) is 0 Å². The van der Waals surface area contributed by atoms with Crippen molar-refractivity contribution in [3.63, 3.8) is 0 Å². The number of nitriles is 1. The van der Waals surface area contributed by atoms with Gasteiger partial charge in [0.1, 0.15) is 17.6 Å². The second kappa shape index (κ2) is 7.53. The van der Waals surface area contributed by atoms with Gasteiger partial charge in [-0.05, 0) is 30.3 Å². The fourth-order valence-electron chi connectivity index (χ4n) is 2.75. The van der Waals surface area contributed by atoms with Crippen LogP contribution in [-0.4, -0.2) is 22.6 Å². The SMILES string of the molecule is COc1ccccc1C(NC(=O)c1ccc(C#N)cc1)c1nccn1C. The molecule has 0 saturated carbocycles. The molecule has 0 aliphatic rings. The highest BCUT2D eigenvalue weighted by molar-refractivity contribution is 5.94. The number of nitrogens with zero attached hydrogens (tertiary/aromatic N) is 3. The van der Waals surface area contributed by atoms with Gasteiger partial charge in [0.25, 0.3) is 5.91 Å².